The summed E-state index contributed by atoms with van der Waals surface area (Å²) >= 11 is 0. The Bertz CT molecular complexity index is 1240. The van der Waals surface area contributed by atoms with Gasteiger partial charge in [-0.15, -0.1) is 0 Å². The van der Waals surface area contributed by atoms with Gasteiger partial charge in [-0.3, -0.25) is 9.59 Å². The minimum atomic E-state index is -4.87. The van der Waals surface area contributed by atoms with Crippen molar-refractivity contribution in [3.05, 3.63) is 29.3 Å². The van der Waals surface area contributed by atoms with Gasteiger partial charge in [0, 0.05) is 12.0 Å². The molecule has 0 spiro atoms. The molecule has 1 saturated heterocycles. The SMILES string of the molecule is CC1(C(=O)N2C[C@H](S(=O)(=O)c3ccc(C4CC4)cc3C(F)(F)F)C[C@H]2C(=O)NC2(C#N)CC2)CC1. The van der Waals surface area contributed by atoms with Crippen molar-refractivity contribution in [1.82, 2.24) is 10.2 Å². The molecule has 1 aliphatic heterocycles. The largest absolute Gasteiger partial charge is 0.417 e. The maximum Gasteiger partial charge on any atom is 0.417 e. The van der Waals surface area contributed by atoms with Crippen LogP contribution in [-0.4, -0.2) is 48.5 Å². The summed E-state index contributed by atoms with van der Waals surface area (Å²) < 4.78 is 68.8. The van der Waals surface area contributed by atoms with Crippen molar-refractivity contribution < 1.29 is 31.2 Å². The van der Waals surface area contributed by atoms with Crippen LogP contribution >= 0.6 is 0 Å². The molecule has 188 valence electrons. The minimum Gasteiger partial charge on any atom is -0.336 e. The second-order valence-electron chi connectivity index (χ2n) is 10.6. The summed E-state index contributed by atoms with van der Waals surface area (Å²) in [5, 5.41) is 10.6. The van der Waals surface area contributed by atoms with E-state index in [0.29, 0.717) is 31.2 Å². The molecule has 11 heteroatoms. The van der Waals surface area contributed by atoms with E-state index < -0.39 is 54.6 Å². The van der Waals surface area contributed by atoms with Crippen molar-refractivity contribution in [1.29, 1.82) is 5.26 Å². The van der Waals surface area contributed by atoms with Crippen LogP contribution in [0.4, 0.5) is 13.2 Å². The van der Waals surface area contributed by atoms with E-state index in [1.54, 1.807) is 6.92 Å². The van der Waals surface area contributed by atoms with Gasteiger partial charge in [0.1, 0.15) is 11.6 Å². The highest BCUT2D eigenvalue weighted by Gasteiger charge is 2.55. The lowest BCUT2D eigenvalue weighted by Gasteiger charge is -2.27. The van der Waals surface area contributed by atoms with Crippen LogP contribution in [0.15, 0.2) is 23.1 Å². The Morgan fingerprint density at radius 2 is 1.83 bits per heavy atom. The second kappa shape index (κ2) is 7.69. The normalized spacial score (nSPS) is 26.7. The number of carbonyl (C=O) groups excluding carboxylic acids is 2. The van der Waals surface area contributed by atoms with E-state index in [1.165, 1.54) is 11.0 Å². The van der Waals surface area contributed by atoms with E-state index in [0.717, 1.165) is 25.0 Å². The Labute approximate surface area is 201 Å². The number of amides is 2. The molecule has 2 amide bonds. The highest BCUT2D eigenvalue weighted by Crippen LogP contribution is 2.49. The number of rotatable bonds is 6. The zero-order chi connectivity index (χ0) is 25.4. The van der Waals surface area contributed by atoms with E-state index >= 15 is 0 Å². The molecule has 1 aromatic carbocycles. The molecule has 4 aliphatic rings. The Balaban J connectivity index is 1.48. The number of nitrogens with zero attached hydrogens (tertiary/aromatic N) is 2. The molecule has 0 radical (unpaired) electrons. The number of nitrogens with one attached hydrogen (secondary N) is 1. The molecular weight excluding hydrogens is 483 g/mol. The van der Waals surface area contributed by atoms with Crippen molar-refractivity contribution >= 4 is 21.7 Å². The van der Waals surface area contributed by atoms with Crippen molar-refractivity contribution in [2.24, 2.45) is 5.41 Å². The van der Waals surface area contributed by atoms with Gasteiger partial charge in [0.2, 0.25) is 11.8 Å². The number of halogens is 3. The number of alkyl halides is 3. The predicted molar refractivity (Wildman–Crippen MR) is 118 cm³/mol. The van der Waals surface area contributed by atoms with Crippen molar-refractivity contribution in [3.63, 3.8) is 0 Å². The molecular formula is C24H26F3N3O4S. The molecule has 0 unspecified atom stereocenters. The van der Waals surface area contributed by atoms with E-state index in [2.05, 4.69) is 5.32 Å². The highest BCUT2D eigenvalue weighted by atomic mass is 32.2. The van der Waals surface area contributed by atoms with Crippen LogP contribution in [0, 0.1) is 16.7 Å². The molecule has 1 aromatic rings. The third kappa shape index (κ3) is 4.30. The molecule has 1 heterocycles. The summed E-state index contributed by atoms with van der Waals surface area (Å²) in [6.45, 7) is 1.36. The quantitative estimate of drug-likeness (QED) is 0.633. The van der Waals surface area contributed by atoms with Crippen molar-refractivity contribution in [2.45, 2.75) is 85.7 Å². The number of carbonyl (C=O) groups is 2. The first-order chi connectivity index (χ1) is 16.3. The summed E-state index contributed by atoms with van der Waals surface area (Å²) in [5.41, 5.74) is -2.46. The summed E-state index contributed by atoms with van der Waals surface area (Å²) in [6.07, 6.45) is -1.56. The molecule has 1 N–H and O–H groups in total. The van der Waals surface area contributed by atoms with Gasteiger partial charge in [0.25, 0.3) is 0 Å². The number of hydrogen-bond donors (Lipinski definition) is 1. The molecule has 3 aliphatic carbocycles. The summed E-state index contributed by atoms with van der Waals surface area (Å²) in [5.74, 6) is -1.01. The molecule has 7 nitrogen and oxygen atoms in total. The van der Waals surface area contributed by atoms with Crippen LogP contribution in [-0.2, 0) is 25.6 Å². The Hall–Kier alpha value is -2.61. The fourth-order valence-electron chi connectivity index (χ4n) is 4.82. The smallest absolute Gasteiger partial charge is 0.336 e. The van der Waals surface area contributed by atoms with Crippen LogP contribution in [0.1, 0.15) is 68.9 Å². The Morgan fingerprint density at radius 1 is 1.17 bits per heavy atom. The van der Waals surface area contributed by atoms with Crippen molar-refractivity contribution in [2.75, 3.05) is 6.54 Å². The summed E-state index contributed by atoms with van der Waals surface area (Å²) in [7, 11) is -4.53. The third-order valence-corrected chi connectivity index (χ3v) is 9.96. The van der Waals surface area contributed by atoms with E-state index in [-0.39, 0.29) is 24.8 Å². The van der Waals surface area contributed by atoms with Crippen LogP contribution in [0.5, 0.6) is 0 Å². The molecule has 35 heavy (non-hydrogen) atoms. The fraction of sp³-hybridized carbons (Fsp3) is 0.625. The maximum atomic E-state index is 13.9. The maximum absolute atomic E-state index is 13.9. The van der Waals surface area contributed by atoms with Gasteiger partial charge in [0.15, 0.2) is 9.84 Å². The summed E-state index contributed by atoms with van der Waals surface area (Å²) in [4.78, 5) is 26.6. The minimum absolute atomic E-state index is 0.00897. The number of likely N-dealkylation sites (tertiary alicyclic amines) is 1. The van der Waals surface area contributed by atoms with Gasteiger partial charge in [-0.25, -0.2) is 8.42 Å². The molecule has 0 aromatic heterocycles. The molecule has 5 rings (SSSR count). The first-order valence-electron chi connectivity index (χ1n) is 11.8. The Morgan fingerprint density at radius 3 is 2.34 bits per heavy atom. The average Bonchev–Trinajstić information content (AvgIpc) is 3.71. The van der Waals surface area contributed by atoms with Crippen LogP contribution in [0.3, 0.4) is 0 Å². The number of sulfone groups is 1. The van der Waals surface area contributed by atoms with Gasteiger partial charge in [-0.1, -0.05) is 13.0 Å². The van der Waals surface area contributed by atoms with Gasteiger partial charge in [-0.2, -0.15) is 18.4 Å². The average molecular weight is 510 g/mol. The fourth-order valence-corrected chi connectivity index (χ4v) is 6.71. The zero-order valence-electron chi connectivity index (χ0n) is 19.2. The summed E-state index contributed by atoms with van der Waals surface area (Å²) in [6, 6.07) is 4.23. The standard InChI is InChI=1S/C24H26F3N3O4S/c1-22(6-7-22)21(32)30-12-16(11-18(30)20(31)29-23(13-28)8-9-23)35(33,34)19-5-4-15(14-2-3-14)10-17(19)24(25,26)27/h4-5,10,14,16,18H,2-3,6-9,11-12H2,1H3,(H,29,31)/t16-,18+/m1/s1. The molecule has 3 saturated carbocycles. The topological polar surface area (TPSA) is 107 Å². The number of hydrogen-bond acceptors (Lipinski definition) is 5. The monoisotopic (exact) mass is 509 g/mol. The van der Waals surface area contributed by atoms with Gasteiger partial charge < -0.3 is 10.2 Å². The number of benzene rings is 1. The lowest BCUT2D eigenvalue weighted by Crippen LogP contribution is -2.50. The second-order valence-corrected chi connectivity index (χ2v) is 12.8. The van der Waals surface area contributed by atoms with Gasteiger partial charge in [-0.05, 0) is 68.6 Å². The number of nitriles is 1. The van der Waals surface area contributed by atoms with E-state index in [9.17, 15) is 36.4 Å². The van der Waals surface area contributed by atoms with Crippen molar-refractivity contribution in [3.8, 4) is 6.07 Å². The first-order valence-corrected chi connectivity index (χ1v) is 13.3. The van der Waals surface area contributed by atoms with Crippen LogP contribution in [0.25, 0.3) is 0 Å². The first kappa shape index (κ1) is 24.1. The van der Waals surface area contributed by atoms with Crippen LogP contribution in [0.2, 0.25) is 0 Å². The van der Waals surface area contributed by atoms with E-state index in [4.69, 9.17) is 0 Å². The predicted octanol–water partition coefficient (Wildman–Crippen LogP) is 3.30. The van der Waals surface area contributed by atoms with Gasteiger partial charge >= 0.3 is 6.18 Å². The van der Waals surface area contributed by atoms with E-state index in [1.807, 2.05) is 6.07 Å². The molecule has 4 fully saturated rings. The highest BCUT2D eigenvalue weighted by molar-refractivity contribution is 7.92. The lowest BCUT2D eigenvalue weighted by atomic mass is 10.1. The zero-order valence-corrected chi connectivity index (χ0v) is 20.0. The molecule has 0 bridgehead atoms. The lowest BCUT2D eigenvalue weighted by molar-refractivity contribution is -0.142. The van der Waals surface area contributed by atoms with Crippen LogP contribution < -0.4 is 5.32 Å². The Kier molecular flexibility index (Phi) is 5.30. The van der Waals surface area contributed by atoms with Gasteiger partial charge in [0.05, 0.1) is 21.8 Å². The third-order valence-electron chi connectivity index (χ3n) is 7.77. The molecule has 2 atom stereocenters.